The molecule has 4 fully saturated rings. The Morgan fingerprint density at radius 2 is 1.93 bits per heavy atom. The molecule has 3 unspecified atom stereocenters. The number of hydrogen-bond acceptors (Lipinski definition) is 6. The number of hydrogen-bond donors (Lipinski definition) is 1. The molecule has 4 aliphatic rings. The van der Waals surface area contributed by atoms with Gasteiger partial charge in [-0.05, 0) is 44.1 Å². The first kappa shape index (κ1) is 31.3. The number of carbonyl (C=O) groups excluding carboxylic acids is 3. The number of allylic oxidation sites excluding steroid dienone is 1. The third kappa shape index (κ3) is 5.73. The van der Waals surface area contributed by atoms with Crippen molar-refractivity contribution in [2.24, 2.45) is 11.8 Å². The Morgan fingerprint density at radius 3 is 2.60 bits per heavy atom. The minimum atomic E-state index is -0.786. The average molecular weight is 660 g/mol. The first-order chi connectivity index (χ1) is 20.4. The second-order valence-electron chi connectivity index (χ2n) is 12.1. The summed E-state index contributed by atoms with van der Waals surface area (Å²) in [4.78, 5) is 46.7. The van der Waals surface area contributed by atoms with Crippen LogP contribution in [0.15, 0.2) is 55.6 Å². The molecule has 228 valence electrons. The molecule has 0 radical (unpaired) electrons. The van der Waals surface area contributed by atoms with Crippen LogP contribution in [-0.4, -0.2) is 85.4 Å². The number of benzene rings is 1. The van der Waals surface area contributed by atoms with Gasteiger partial charge >= 0.3 is 5.97 Å². The van der Waals surface area contributed by atoms with Gasteiger partial charge in [-0.2, -0.15) is 0 Å². The lowest BCUT2D eigenvalue weighted by Crippen LogP contribution is -2.59. The number of aliphatic hydroxyl groups excluding tert-OH is 1. The van der Waals surface area contributed by atoms with Gasteiger partial charge in [0.2, 0.25) is 11.8 Å². The normalized spacial score (nSPS) is 31.0. The highest BCUT2D eigenvalue weighted by Crippen LogP contribution is 2.68. The smallest absolute Gasteiger partial charge is 0.310 e. The van der Waals surface area contributed by atoms with Gasteiger partial charge in [-0.25, -0.2) is 0 Å². The van der Waals surface area contributed by atoms with Crippen LogP contribution in [0, 0.1) is 11.8 Å². The molecule has 7 nitrogen and oxygen atoms in total. The van der Waals surface area contributed by atoms with Crippen molar-refractivity contribution in [3.8, 4) is 0 Å². The van der Waals surface area contributed by atoms with E-state index in [0.29, 0.717) is 25.8 Å². The fourth-order valence-corrected chi connectivity index (χ4v) is 11.3. The van der Waals surface area contributed by atoms with E-state index in [1.807, 2.05) is 35.2 Å². The van der Waals surface area contributed by atoms with Crippen molar-refractivity contribution in [1.82, 2.24) is 9.80 Å². The first-order valence-electron chi connectivity index (χ1n) is 15.4. The van der Waals surface area contributed by atoms with Gasteiger partial charge in [0.1, 0.15) is 6.04 Å². The molecule has 7 atom stereocenters. The second-order valence-corrected chi connectivity index (χ2v) is 14.8. The molecular weight excluding hydrogens is 616 g/mol. The number of likely N-dealkylation sites (tertiary alicyclic amines) is 1. The summed E-state index contributed by atoms with van der Waals surface area (Å²) < 4.78 is 4.95. The number of esters is 1. The van der Waals surface area contributed by atoms with E-state index in [1.54, 1.807) is 28.8 Å². The molecule has 1 aliphatic carbocycles. The summed E-state index contributed by atoms with van der Waals surface area (Å²) in [6.07, 6.45) is 11.2. The summed E-state index contributed by atoms with van der Waals surface area (Å²) in [6, 6.07) is 8.47. The zero-order valence-corrected chi connectivity index (χ0v) is 26.6. The van der Waals surface area contributed by atoms with Crippen molar-refractivity contribution in [1.29, 1.82) is 0 Å². The fraction of sp³-hybridized carbons (Fsp3) is 0.606. The molecule has 1 aromatic carbocycles. The van der Waals surface area contributed by atoms with Gasteiger partial charge < -0.3 is 19.6 Å². The molecule has 2 bridgehead atoms. The number of fused-ring (bicyclic) bond motifs is 1. The Balaban J connectivity index is 1.54. The lowest BCUT2D eigenvalue weighted by atomic mass is 9.71. The van der Waals surface area contributed by atoms with Crippen molar-refractivity contribution < 1.29 is 24.2 Å². The largest absolute Gasteiger partial charge is 0.465 e. The van der Waals surface area contributed by atoms with E-state index >= 15 is 0 Å². The summed E-state index contributed by atoms with van der Waals surface area (Å²) in [5.41, 5.74) is 0.980. The molecule has 1 saturated carbocycles. The van der Waals surface area contributed by atoms with Crippen molar-refractivity contribution in [2.45, 2.75) is 90.7 Å². The van der Waals surface area contributed by atoms with E-state index in [4.69, 9.17) is 4.74 Å². The second kappa shape index (κ2) is 13.7. The van der Waals surface area contributed by atoms with Gasteiger partial charge in [0.15, 0.2) is 0 Å². The average Bonchev–Trinajstić information content (AvgIpc) is 3.60. The molecular formula is C33H43BrN2O5S. The van der Waals surface area contributed by atoms with E-state index in [-0.39, 0.29) is 47.1 Å². The monoisotopic (exact) mass is 658 g/mol. The molecule has 3 heterocycles. The molecule has 5 rings (SSSR count). The molecule has 9 heteroatoms. The lowest BCUT2D eigenvalue weighted by molar-refractivity contribution is -0.154. The number of unbranched alkanes of at least 4 members (excludes halogenated alkanes) is 1. The summed E-state index contributed by atoms with van der Waals surface area (Å²) in [5, 5.41) is 10.6. The number of aliphatic hydroxyl groups is 1. The number of carbonyl (C=O) groups is 3. The molecule has 1 aromatic rings. The fourth-order valence-electron chi connectivity index (χ4n) is 7.75. The summed E-state index contributed by atoms with van der Waals surface area (Å²) in [6.45, 7) is 8.09. The number of rotatable bonds is 13. The Bertz CT molecular complexity index is 1160. The van der Waals surface area contributed by atoms with E-state index in [2.05, 4.69) is 29.1 Å². The quantitative estimate of drug-likeness (QED) is 0.140. The zero-order chi connectivity index (χ0) is 29.9. The molecule has 3 aliphatic heterocycles. The number of thioether (sulfide) groups is 1. The molecule has 3 saturated heterocycles. The van der Waals surface area contributed by atoms with Gasteiger partial charge in [-0.1, -0.05) is 77.7 Å². The predicted molar refractivity (Wildman–Crippen MR) is 169 cm³/mol. The van der Waals surface area contributed by atoms with Crippen LogP contribution >= 0.6 is 27.7 Å². The number of amides is 2. The molecule has 0 aromatic heterocycles. The minimum Gasteiger partial charge on any atom is -0.465 e. The Hall–Kier alpha value is -2.10. The van der Waals surface area contributed by atoms with E-state index in [9.17, 15) is 19.5 Å². The van der Waals surface area contributed by atoms with Gasteiger partial charge in [0.25, 0.3) is 0 Å². The number of ether oxygens (including phenoxy) is 1. The highest BCUT2D eigenvalue weighted by Gasteiger charge is 2.76. The lowest BCUT2D eigenvalue weighted by Gasteiger charge is -2.42. The summed E-state index contributed by atoms with van der Waals surface area (Å²) in [5.74, 6) is -2.00. The predicted octanol–water partition coefficient (Wildman–Crippen LogP) is 4.91. The van der Waals surface area contributed by atoms with Gasteiger partial charge in [0, 0.05) is 22.7 Å². The van der Waals surface area contributed by atoms with Crippen LogP contribution in [-0.2, 0) is 25.5 Å². The Kier molecular flexibility index (Phi) is 10.2. The highest BCUT2D eigenvalue weighted by molar-refractivity contribution is 9.09. The van der Waals surface area contributed by atoms with Crippen molar-refractivity contribution in [3.63, 3.8) is 0 Å². The van der Waals surface area contributed by atoms with E-state index in [1.165, 1.54) is 0 Å². The van der Waals surface area contributed by atoms with Crippen molar-refractivity contribution >= 4 is 45.5 Å². The van der Waals surface area contributed by atoms with Crippen LogP contribution in [0.25, 0.3) is 0 Å². The Morgan fingerprint density at radius 1 is 1.19 bits per heavy atom. The van der Waals surface area contributed by atoms with Crippen molar-refractivity contribution in [2.75, 3.05) is 19.8 Å². The van der Waals surface area contributed by atoms with E-state index in [0.717, 1.165) is 44.1 Å². The third-order valence-corrected chi connectivity index (χ3v) is 12.8. The molecule has 1 N–H and O–H groups in total. The van der Waals surface area contributed by atoms with Gasteiger partial charge in [-0.3, -0.25) is 14.4 Å². The number of alkyl halides is 1. The van der Waals surface area contributed by atoms with Crippen LogP contribution in [0.4, 0.5) is 0 Å². The maximum atomic E-state index is 14.9. The van der Waals surface area contributed by atoms with Crippen LogP contribution < -0.4 is 0 Å². The molecule has 42 heavy (non-hydrogen) atoms. The Labute approximate surface area is 262 Å². The minimum absolute atomic E-state index is 0.0308. The summed E-state index contributed by atoms with van der Waals surface area (Å²) >= 11 is 5.45. The van der Waals surface area contributed by atoms with Crippen LogP contribution in [0.1, 0.15) is 56.9 Å². The standard InChI is InChI=1S/C33H43BrN2O5S/c1-3-5-12-18-41-32(40)26-27-30(38)36(24(21-37)19-22-13-8-6-9-14-22)29(33(27)20-25(34)28(26)42-33)31(39)35(17-4-2)23-15-10-7-11-16-23/h3-4,6,8-9,13-14,23-29,37H,1-2,5,7,10-12,15-21H2/t24-,25?,26-,27+,28-,29?,33?/m1/s1. The first-order valence-corrected chi connectivity index (χ1v) is 17.1. The summed E-state index contributed by atoms with van der Waals surface area (Å²) in [7, 11) is 0. The number of nitrogens with zero attached hydrogens (tertiary/aromatic N) is 2. The van der Waals surface area contributed by atoms with Crippen molar-refractivity contribution in [3.05, 3.63) is 61.2 Å². The van der Waals surface area contributed by atoms with Crippen LogP contribution in [0.3, 0.4) is 0 Å². The molecule has 1 spiro atoms. The number of halogens is 1. The van der Waals surface area contributed by atoms with Crippen LogP contribution in [0.2, 0.25) is 0 Å². The molecule has 2 amide bonds. The SMILES string of the molecule is C=CCCCOC(=O)[C@H]1[C@@H]2SC3(CC2Br)C(C(=O)N(CC=C)C2CCCCC2)N([C@@H](CO)Cc2ccccc2)C(=O)[C@H]13. The maximum Gasteiger partial charge on any atom is 0.310 e. The van der Waals surface area contributed by atoms with Crippen LogP contribution in [0.5, 0.6) is 0 Å². The highest BCUT2D eigenvalue weighted by atomic mass is 79.9. The van der Waals surface area contributed by atoms with Gasteiger partial charge in [0.05, 0.1) is 35.8 Å². The zero-order valence-electron chi connectivity index (χ0n) is 24.2. The maximum absolute atomic E-state index is 14.9. The topological polar surface area (TPSA) is 87.2 Å². The van der Waals surface area contributed by atoms with E-state index < -0.39 is 28.7 Å². The van der Waals surface area contributed by atoms with Gasteiger partial charge in [-0.15, -0.1) is 24.9 Å². The third-order valence-electron chi connectivity index (χ3n) is 9.57.